The van der Waals surface area contributed by atoms with Crippen molar-refractivity contribution in [3.63, 3.8) is 0 Å². The highest BCUT2D eigenvalue weighted by atomic mass is 15.1. The number of anilines is 1. The van der Waals surface area contributed by atoms with Crippen molar-refractivity contribution in [2.24, 2.45) is 0 Å². The minimum Gasteiger partial charge on any atom is -0.363 e. The third-order valence-electron chi connectivity index (χ3n) is 4.58. The SMILES string of the molecule is CC(C)(C)c1ccc(N(CC2=CC=CC2)CC2=CC=CC2)cc1. The quantitative estimate of drug-likeness (QED) is 0.688. The first kappa shape index (κ1) is 15.9. The predicted octanol–water partition coefficient (Wildman–Crippen LogP) is 5.56. The summed E-state index contributed by atoms with van der Waals surface area (Å²) in [5.41, 5.74) is 5.91. The van der Waals surface area contributed by atoms with Crippen LogP contribution >= 0.6 is 0 Å². The molecule has 120 valence electrons. The van der Waals surface area contributed by atoms with Crippen LogP contribution in [0.1, 0.15) is 39.2 Å². The molecule has 0 bridgehead atoms. The van der Waals surface area contributed by atoms with Crippen LogP contribution in [0.15, 0.2) is 71.9 Å². The molecule has 0 unspecified atom stereocenters. The Morgan fingerprint density at radius 1 is 0.826 bits per heavy atom. The predicted molar refractivity (Wildman–Crippen MR) is 101 cm³/mol. The van der Waals surface area contributed by atoms with Gasteiger partial charge in [0.1, 0.15) is 0 Å². The molecule has 2 aliphatic carbocycles. The summed E-state index contributed by atoms with van der Waals surface area (Å²) in [6.45, 7) is 8.83. The molecule has 1 aromatic carbocycles. The maximum absolute atomic E-state index is 2.50. The summed E-state index contributed by atoms with van der Waals surface area (Å²) in [7, 11) is 0. The number of allylic oxidation sites excluding steroid dienone is 6. The zero-order valence-electron chi connectivity index (χ0n) is 14.5. The van der Waals surface area contributed by atoms with Gasteiger partial charge in [0.05, 0.1) is 0 Å². The summed E-state index contributed by atoms with van der Waals surface area (Å²) in [5, 5.41) is 0. The Bertz CT molecular complexity index is 631. The summed E-state index contributed by atoms with van der Waals surface area (Å²) in [6.07, 6.45) is 15.5. The fourth-order valence-corrected chi connectivity index (χ4v) is 3.12. The van der Waals surface area contributed by atoms with Gasteiger partial charge in [-0.25, -0.2) is 0 Å². The fraction of sp³-hybridized carbons (Fsp3) is 0.364. The molecular weight excluding hydrogens is 278 g/mol. The molecular formula is C22H27N. The van der Waals surface area contributed by atoms with Crippen LogP contribution in [0, 0.1) is 0 Å². The van der Waals surface area contributed by atoms with Gasteiger partial charge in [0.25, 0.3) is 0 Å². The molecule has 3 rings (SSSR count). The number of nitrogens with zero attached hydrogens (tertiary/aromatic N) is 1. The standard InChI is InChI=1S/C22H27N/c1-22(2,3)20-12-14-21(15-13-20)23(16-18-8-4-5-9-18)17-19-10-6-7-11-19/h4-8,10,12-15H,9,11,16-17H2,1-3H3. The van der Waals surface area contributed by atoms with Gasteiger partial charge in [-0.05, 0) is 47.1 Å². The van der Waals surface area contributed by atoms with E-state index in [4.69, 9.17) is 0 Å². The minimum absolute atomic E-state index is 0.208. The molecule has 2 aliphatic rings. The molecule has 0 heterocycles. The second-order valence-corrected chi connectivity index (χ2v) is 7.57. The van der Waals surface area contributed by atoms with Crippen molar-refractivity contribution in [2.75, 3.05) is 18.0 Å². The van der Waals surface area contributed by atoms with Crippen molar-refractivity contribution in [3.05, 3.63) is 77.4 Å². The van der Waals surface area contributed by atoms with Crippen LogP contribution in [-0.4, -0.2) is 13.1 Å². The molecule has 23 heavy (non-hydrogen) atoms. The highest BCUT2D eigenvalue weighted by molar-refractivity contribution is 5.52. The van der Waals surface area contributed by atoms with E-state index in [2.05, 4.69) is 86.4 Å². The van der Waals surface area contributed by atoms with E-state index >= 15 is 0 Å². The number of hydrogen-bond acceptors (Lipinski definition) is 1. The van der Waals surface area contributed by atoms with E-state index in [1.165, 1.54) is 22.4 Å². The first-order valence-electron chi connectivity index (χ1n) is 8.57. The lowest BCUT2D eigenvalue weighted by Gasteiger charge is -2.27. The summed E-state index contributed by atoms with van der Waals surface area (Å²) in [5.74, 6) is 0. The Morgan fingerprint density at radius 2 is 1.35 bits per heavy atom. The van der Waals surface area contributed by atoms with Crippen molar-refractivity contribution in [3.8, 4) is 0 Å². The third kappa shape index (κ3) is 4.04. The molecule has 1 heteroatoms. The molecule has 0 aromatic heterocycles. The largest absolute Gasteiger partial charge is 0.363 e. The Morgan fingerprint density at radius 3 is 1.74 bits per heavy atom. The number of rotatable bonds is 5. The van der Waals surface area contributed by atoms with Crippen LogP contribution in [0.5, 0.6) is 0 Å². The molecule has 0 radical (unpaired) electrons. The lowest BCUT2D eigenvalue weighted by atomic mass is 9.87. The van der Waals surface area contributed by atoms with E-state index in [0.717, 1.165) is 25.9 Å². The molecule has 1 nitrogen and oxygen atoms in total. The summed E-state index contributed by atoms with van der Waals surface area (Å²) < 4.78 is 0. The second kappa shape index (κ2) is 6.62. The average molecular weight is 305 g/mol. The van der Waals surface area contributed by atoms with Crippen molar-refractivity contribution in [1.82, 2.24) is 0 Å². The normalized spacial score (nSPS) is 16.7. The Balaban J connectivity index is 1.78. The van der Waals surface area contributed by atoms with Crippen molar-refractivity contribution >= 4 is 5.69 Å². The van der Waals surface area contributed by atoms with E-state index in [1.807, 2.05) is 0 Å². The van der Waals surface area contributed by atoms with Crippen molar-refractivity contribution < 1.29 is 0 Å². The first-order chi connectivity index (χ1) is 11.0. The van der Waals surface area contributed by atoms with E-state index in [-0.39, 0.29) is 5.41 Å². The molecule has 0 saturated carbocycles. The lowest BCUT2D eigenvalue weighted by Crippen LogP contribution is -2.27. The molecule has 0 saturated heterocycles. The van der Waals surface area contributed by atoms with E-state index in [0.29, 0.717) is 0 Å². The van der Waals surface area contributed by atoms with Crippen LogP contribution in [-0.2, 0) is 5.41 Å². The topological polar surface area (TPSA) is 3.24 Å². The second-order valence-electron chi connectivity index (χ2n) is 7.57. The first-order valence-corrected chi connectivity index (χ1v) is 8.57. The van der Waals surface area contributed by atoms with Crippen LogP contribution in [0.25, 0.3) is 0 Å². The molecule has 0 aliphatic heterocycles. The Hall–Kier alpha value is -2.02. The van der Waals surface area contributed by atoms with E-state index in [1.54, 1.807) is 0 Å². The van der Waals surface area contributed by atoms with Gasteiger partial charge in [-0.15, -0.1) is 0 Å². The summed E-state index contributed by atoms with van der Waals surface area (Å²) >= 11 is 0. The highest BCUT2D eigenvalue weighted by Crippen LogP contribution is 2.27. The van der Waals surface area contributed by atoms with Gasteiger partial charge in [0, 0.05) is 18.8 Å². The molecule has 1 aromatic rings. The van der Waals surface area contributed by atoms with Gasteiger partial charge in [0.2, 0.25) is 0 Å². The van der Waals surface area contributed by atoms with Crippen LogP contribution in [0.2, 0.25) is 0 Å². The minimum atomic E-state index is 0.208. The smallest absolute Gasteiger partial charge is 0.0398 e. The van der Waals surface area contributed by atoms with Gasteiger partial charge < -0.3 is 4.90 Å². The fourth-order valence-electron chi connectivity index (χ4n) is 3.12. The number of hydrogen-bond donors (Lipinski definition) is 0. The van der Waals surface area contributed by atoms with Crippen LogP contribution in [0.3, 0.4) is 0 Å². The zero-order chi connectivity index (χ0) is 16.3. The van der Waals surface area contributed by atoms with E-state index < -0.39 is 0 Å². The van der Waals surface area contributed by atoms with Gasteiger partial charge in [-0.3, -0.25) is 0 Å². The van der Waals surface area contributed by atoms with Crippen LogP contribution in [0.4, 0.5) is 5.69 Å². The molecule has 0 N–H and O–H groups in total. The lowest BCUT2D eigenvalue weighted by molar-refractivity contribution is 0.590. The molecule has 0 fully saturated rings. The molecule has 0 atom stereocenters. The van der Waals surface area contributed by atoms with Gasteiger partial charge in [-0.2, -0.15) is 0 Å². The zero-order valence-corrected chi connectivity index (χ0v) is 14.5. The Kier molecular flexibility index (Phi) is 4.56. The molecule has 0 spiro atoms. The van der Waals surface area contributed by atoms with Gasteiger partial charge >= 0.3 is 0 Å². The maximum Gasteiger partial charge on any atom is 0.0398 e. The Labute approximate surface area is 140 Å². The van der Waals surface area contributed by atoms with Crippen molar-refractivity contribution in [2.45, 2.75) is 39.0 Å². The number of benzene rings is 1. The van der Waals surface area contributed by atoms with Gasteiger partial charge in [-0.1, -0.05) is 69.4 Å². The van der Waals surface area contributed by atoms with Crippen LogP contribution < -0.4 is 4.90 Å². The molecule has 0 amide bonds. The maximum atomic E-state index is 2.50. The van der Waals surface area contributed by atoms with E-state index in [9.17, 15) is 0 Å². The summed E-state index contributed by atoms with van der Waals surface area (Å²) in [6, 6.07) is 9.13. The third-order valence-corrected chi connectivity index (χ3v) is 4.58. The monoisotopic (exact) mass is 305 g/mol. The highest BCUT2D eigenvalue weighted by Gasteiger charge is 2.16. The summed E-state index contributed by atoms with van der Waals surface area (Å²) in [4.78, 5) is 2.50. The average Bonchev–Trinajstić information content (AvgIpc) is 3.19. The van der Waals surface area contributed by atoms with Gasteiger partial charge in [0.15, 0.2) is 0 Å². The van der Waals surface area contributed by atoms with Crippen molar-refractivity contribution in [1.29, 1.82) is 0 Å².